The maximum Gasteiger partial charge on any atom is 0.224 e. The number of amides is 1. The molecular formula is C22H27N5O2S. The van der Waals surface area contributed by atoms with E-state index in [4.69, 9.17) is 20.4 Å². The lowest BCUT2D eigenvalue weighted by Crippen LogP contribution is -2.38. The summed E-state index contributed by atoms with van der Waals surface area (Å²) in [6, 6.07) is 10.2. The van der Waals surface area contributed by atoms with Crippen LogP contribution in [0.1, 0.15) is 19.7 Å². The third kappa shape index (κ3) is 4.45. The van der Waals surface area contributed by atoms with Crippen molar-refractivity contribution in [3.05, 3.63) is 41.5 Å². The number of ether oxygens (including phenoxy) is 1. The number of fused-ring (bicyclic) bond motifs is 1. The van der Waals surface area contributed by atoms with Crippen LogP contribution < -0.4 is 11.1 Å². The molecular weight excluding hydrogens is 398 g/mol. The van der Waals surface area contributed by atoms with Gasteiger partial charge in [0.1, 0.15) is 16.5 Å². The van der Waals surface area contributed by atoms with Crippen LogP contribution in [0.2, 0.25) is 0 Å². The maximum absolute atomic E-state index is 11.8. The van der Waals surface area contributed by atoms with E-state index in [1.807, 2.05) is 32.0 Å². The highest BCUT2D eigenvalue weighted by atomic mass is 32.1. The molecule has 1 aliphatic rings. The van der Waals surface area contributed by atoms with E-state index in [0.717, 1.165) is 59.3 Å². The number of primary amides is 1. The number of nitrogens with one attached hydrogen (secondary N) is 1. The van der Waals surface area contributed by atoms with Gasteiger partial charge in [-0.2, -0.15) is 0 Å². The number of rotatable bonds is 7. The first kappa shape index (κ1) is 20.7. The molecule has 0 aliphatic carbocycles. The predicted octanol–water partition coefficient (Wildman–Crippen LogP) is 3.11. The summed E-state index contributed by atoms with van der Waals surface area (Å²) in [5.74, 6) is 1.17. The molecule has 7 nitrogen and oxygen atoms in total. The molecule has 1 amide bonds. The largest absolute Gasteiger partial charge is 0.379 e. The molecule has 0 saturated carbocycles. The van der Waals surface area contributed by atoms with Crippen molar-refractivity contribution in [1.82, 2.24) is 14.9 Å². The Morgan fingerprint density at radius 1 is 1.23 bits per heavy atom. The van der Waals surface area contributed by atoms with Gasteiger partial charge >= 0.3 is 0 Å². The highest BCUT2D eigenvalue weighted by molar-refractivity contribution is 7.17. The number of hydrogen-bond donors (Lipinski definition) is 2. The van der Waals surface area contributed by atoms with Gasteiger partial charge in [0, 0.05) is 30.6 Å². The van der Waals surface area contributed by atoms with Crippen molar-refractivity contribution in [3.8, 4) is 11.1 Å². The lowest BCUT2D eigenvalue weighted by molar-refractivity contribution is -0.125. The van der Waals surface area contributed by atoms with Crippen LogP contribution in [0.25, 0.3) is 21.3 Å². The number of anilines is 1. The third-order valence-corrected chi connectivity index (χ3v) is 6.27. The molecule has 1 aromatic carbocycles. The minimum Gasteiger partial charge on any atom is -0.379 e. The van der Waals surface area contributed by atoms with Gasteiger partial charge < -0.3 is 15.8 Å². The molecule has 0 spiro atoms. The Morgan fingerprint density at radius 3 is 2.67 bits per heavy atom. The van der Waals surface area contributed by atoms with Gasteiger partial charge in [0.25, 0.3) is 0 Å². The summed E-state index contributed by atoms with van der Waals surface area (Å²) in [7, 11) is 0. The highest BCUT2D eigenvalue weighted by Crippen LogP contribution is 2.37. The zero-order chi connectivity index (χ0) is 21.1. The van der Waals surface area contributed by atoms with Gasteiger partial charge in [0.15, 0.2) is 0 Å². The number of carbonyl (C=O) groups excluding carboxylic acids is 1. The van der Waals surface area contributed by atoms with Crippen molar-refractivity contribution in [2.45, 2.75) is 20.4 Å². The number of hydrogen-bond acceptors (Lipinski definition) is 7. The summed E-state index contributed by atoms with van der Waals surface area (Å²) in [5.41, 5.74) is 7.09. The second-order valence-corrected chi connectivity index (χ2v) is 9.03. The van der Waals surface area contributed by atoms with Gasteiger partial charge in [0.2, 0.25) is 5.91 Å². The molecule has 3 N–H and O–H groups in total. The fraction of sp³-hybridized carbons (Fsp3) is 0.409. The van der Waals surface area contributed by atoms with Crippen LogP contribution in [-0.2, 0) is 16.1 Å². The molecule has 1 aliphatic heterocycles. The second kappa shape index (κ2) is 8.67. The summed E-state index contributed by atoms with van der Waals surface area (Å²) >= 11 is 1.61. The van der Waals surface area contributed by atoms with Crippen LogP contribution >= 0.6 is 11.3 Å². The number of thiophene rings is 1. The standard InChI is InChI=1S/C22H27N5O2S/c1-22(2,21(23)28)14-24-19-18-16(15-6-4-3-5-7-15)13-30-20(18)26-17(25-19)12-27-8-10-29-11-9-27/h3-7,13H,8-12,14H2,1-2H3,(H2,23,28)(H,24,25,26). The Morgan fingerprint density at radius 2 is 1.97 bits per heavy atom. The van der Waals surface area contributed by atoms with E-state index in [1.165, 1.54) is 0 Å². The van der Waals surface area contributed by atoms with Gasteiger partial charge in [-0.05, 0) is 19.4 Å². The van der Waals surface area contributed by atoms with Crippen LogP contribution in [0.5, 0.6) is 0 Å². The third-order valence-electron chi connectivity index (χ3n) is 5.40. The first-order valence-electron chi connectivity index (χ1n) is 10.1. The van der Waals surface area contributed by atoms with Crippen molar-refractivity contribution >= 4 is 33.3 Å². The number of morpholine rings is 1. The number of carbonyl (C=O) groups is 1. The first-order chi connectivity index (χ1) is 14.4. The number of aromatic nitrogens is 2. The van der Waals surface area contributed by atoms with Crippen LogP contribution in [-0.4, -0.2) is 53.6 Å². The molecule has 158 valence electrons. The predicted molar refractivity (Wildman–Crippen MR) is 120 cm³/mol. The summed E-state index contributed by atoms with van der Waals surface area (Å²) in [5, 5.41) is 6.50. The fourth-order valence-electron chi connectivity index (χ4n) is 3.37. The molecule has 3 heterocycles. The molecule has 1 fully saturated rings. The molecule has 1 saturated heterocycles. The van der Waals surface area contributed by atoms with Gasteiger partial charge in [-0.15, -0.1) is 11.3 Å². The highest BCUT2D eigenvalue weighted by Gasteiger charge is 2.26. The monoisotopic (exact) mass is 425 g/mol. The quantitative estimate of drug-likeness (QED) is 0.604. The van der Waals surface area contributed by atoms with Crippen molar-refractivity contribution in [2.75, 3.05) is 38.2 Å². The molecule has 4 rings (SSSR count). The zero-order valence-corrected chi connectivity index (χ0v) is 18.2. The lowest BCUT2D eigenvalue weighted by atomic mass is 9.93. The summed E-state index contributed by atoms with van der Waals surface area (Å²) in [6.07, 6.45) is 0. The Balaban J connectivity index is 1.72. The first-order valence-corrected chi connectivity index (χ1v) is 11.0. The van der Waals surface area contributed by atoms with Gasteiger partial charge in [0.05, 0.1) is 30.6 Å². The number of nitrogens with zero attached hydrogens (tertiary/aromatic N) is 3. The van der Waals surface area contributed by atoms with Crippen molar-refractivity contribution in [2.24, 2.45) is 11.1 Å². The van der Waals surface area contributed by atoms with Crippen molar-refractivity contribution in [3.63, 3.8) is 0 Å². The van der Waals surface area contributed by atoms with Crippen LogP contribution in [0.3, 0.4) is 0 Å². The van der Waals surface area contributed by atoms with Gasteiger partial charge in [-0.25, -0.2) is 9.97 Å². The van der Waals surface area contributed by atoms with Crippen LogP contribution in [0.4, 0.5) is 5.82 Å². The van der Waals surface area contributed by atoms with E-state index >= 15 is 0 Å². The average molecular weight is 426 g/mol. The fourth-order valence-corrected chi connectivity index (χ4v) is 4.33. The van der Waals surface area contributed by atoms with E-state index in [1.54, 1.807) is 11.3 Å². The van der Waals surface area contributed by atoms with E-state index in [9.17, 15) is 4.79 Å². The molecule has 0 radical (unpaired) electrons. The summed E-state index contributed by atoms with van der Waals surface area (Å²) < 4.78 is 5.45. The molecule has 8 heteroatoms. The second-order valence-electron chi connectivity index (χ2n) is 8.17. The van der Waals surface area contributed by atoms with Crippen molar-refractivity contribution < 1.29 is 9.53 Å². The minimum absolute atomic E-state index is 0.345. The van der Waals surface area contributed by atoms with Gasteiger partial charge in [-0.3, -0.25) is 9.69 Å². The molecule has 3 aromatic rings. The maximum atomic E-state index is 11.8. The van der Waals surface area contributed by atoms with Crippen LogP contribution in [0.15, 0.2) is 35.7 Å². The van der Waals surface area contributed by atoms with E-state index < -0.39 is 5.41 Å². The molecule has 0 bridgehead atoms. The zero-order valence-electron chi connectivity index (χ0n) is 17.4. The molecule has 30 heavy (non-hydrogen) atoms. The summed E-state index contributed by atoms with van der Waals surface area (Å²) in [4.78, 5) is 24.8. The smallest absolute Gasteiger partial charge is 0.224 e. The van der Waals surface area contributed by atoms with E-state index in [0.29, 0.717) is 13.1 Å². The number of nitrogens with two attached hydrogens (primary N) is 1. The van der Waals surface area contributed by atoms with E-state index in [-0.39, 0.29) is 5.91 Å². The Labute approximate surface area is 180 Å². The summed E-state index contributed by atoms with van der Waals surface area (Å²) in [6.45, 7) is 7.95. The normalized spacial score (nSPS) is 15.4. The Kier molecular flexibility index (Phi) is 5.99. The minimum atomic E-state index is -0.690. The van der Waals surface area contributed by atoms with Gasteiger partial charge in [-0.1, -0.05) is 30.3 Å². The Hall–Kier alpha value is -2.55. The lowest BCUT2D eigenvalue weighted by Gasteiger charge is -2.26. The topological polar surface area (TPSA) is 93.4 Å². The molecule has 2 aromatic heterocycles. The van der Waals surface area contributed by atoms with Crippen molar-refractivity contribution in [1.29, 1.82) is 0 Å². The van der Waals surface area contributed by atoms with Crippen LogP contribution in [0, 0.1) is 5.41 Å². The molecule has 0 unspecified atom stereocenters. The molecule has 0 atom stereocenters. The SMILES string of the molecule is CC(C)(CNc1nc(CN2CCOCC2)nc2scc(-c3ccccc3)c12)C(N)=O. The van der Waals surface area contributed by atoms with E-state index in [2.05, 4.69) is 27.7 Å². The average Bonchev–Trinajstić information content (AvgIpc) is 3.17. The number of benzene rings is 1. The Bertz CT molecular complexity index is 1030.